The van der Waals surface area contributed by atoms with Crippen LogP contribution in [0.5, 0.6) is 5.75 Å². The van der Waals surface area contributed by atoms with Crippen LogP contribution in [-0.2, 0) is 6.42 Å². The minimum absolute atomic E-state index is 0.320. The summed E-state index contributed by atoms with van der Waals surface area (Å²) in [6.45, 7) is 3.46. The van der Waals surface area contributed by atoms with Crippen molar-refractivity contribution in [2.45, 2.75) is 38.1 Å². The number of hydrogen-bond acceptors (Lipinski definition) is 2. The molecular formula is C18H23NO. The van der Waals surface area contributed by atoms with Gasteiger partial charge in [0, 0.05) is 5.54 Å². The summed E-state index contributed by atoms with van der Waals surface area (Å²) in [5, 5.41) is 6.26. The first-order valence-corrected chi connectivity index (χ1v) is 7.56. The van der Waals surface area contributed by atoms with Crippen LogP contribution in [0.1, 0.15) is 31.7 Å². The molecule has 1 heterocycles. The Balaban J connectivity index is 1.89. The maximum absolute atomic E-state index is 5.28. The summed E-state index contributed by atoms with van der Waals surface area (Å²) in [6.07, 6.45) is 4.93. The third-order valence-electron chi connectivity index (χ3n) is 4.66. The van der Waals surface area contributed by atoms with Crippen molar-refractivity contribution in [2.24, 2.45) is 0 Å². The highest BCUT2D eigenvalue weighted by molar-refractivity contribution is 5.84. The molecule has 0 aliphatic carbocycles. The van der Waals surface area contributed by atoms with E-state index < -0.39 is 0 Å². The molecule has 1 aliphatic heterocycles. The molecule has 2 aromatic rings. The topological polar surface area (TPSA) is 21.3 Å². The van der Waals surface area contributed by atoms with E-state index >= 15 is 0 Å². The van der Waals surface area contributed by atoms with Crippen molar-refractivity contribution in [2.75, 3.05) is 13.7 Å². The maximum atomic E-state index is 5.28. The van der Waals surface area contributed by atoms with Gasteiger partial charge in [-0.3, -0.25) is 0 Å². The molecule has 1 saturated heterocycles. The van der Waals surface area contributed by atoms with Crippen LogP contribution in [-0.4, -0.2) is 19.2 Å². The molecule has 2 aromatic carbocycles. The first-order chi connectivity index (χ1) is 9.74. The molecule has 1 aliphatic rings. The van der Waals surface area contributed by atoms with Crippen LogP contribution < -0.4 is 10.1 Å². The lowest BCUT2D eigenvalue weighted by atomic mass is 9.86. The highest BCUT2D eigenvalue weighted by Gasteiger charge is 2.31. The minimum atomic E-state index is 0.320. The lowest BCUT2D eigenvalue weighted by Crippen LogP contribution is -2.41. The molecule has 1 fully saturated rings. The summed E-state index contributed by atoms with van der Waals surface area (Å²) in [5.74, 6) is 0.924. The first-order valence-electron chi connectivity index (χ1n) is 7.56. The van der Waals surface area contributed by atoms with Gasteiger partial charge >= 0.3 is 0 Å². The monoisotopic (exact) mass is 269 g/mol. The second-order valence-corrected chi connectivity index (χ2v) is 5.89. The van der Waals surface area contributed by atoms with Crippen LogP contribution in [0.4, 0.5) is 0 Å². The van der Waals surface area contributed by atoms with Gasteiger partial charge in [0.15, 0.2) is 0 Å². The molecule has 106 valence electrons. The Bertz CT molecular complexity index is 599. The molecule has 0 spiro atoms. The predicted molar refractivity (Wildman–Crippen MR) is 84.5 cm³/mol. The molecule has 0 aromatic heterocycles. The van der Waals surface area contributed by atoms with E-state index in [9.17, 15) is 0 Å². The average molecular weight is 269 g/mol. The molecule has 20 heavy (non-hydrogen) atoms. The van der Waals surface area contributed by atoms with E-state index in [4.69, 9.17) is 4.74 Å². The van der Waals surface area contributed by atoms with Crippen molar-refractivity contribution in [1.29, 1.82) is 0 Å². The van der Waals surface area contributed by atoms with E-state index in [-0.39, 0.29) is 0 Å². The van der Waals surface area contributed by atoms with Crippen molar-refractivity contribution in [1.82, 2.24) is 5.32 Å². The van der Waals surface area contributed by atoms with E-state index in [1.807, 2.05) is 6.07 Å². The molecule has 0 amide bonds. The molecule has 1 unspecified atom stereocenters. The van der Waals surface area contributed by atoms with Gasteiger partial charge in [0.05, 0.1) is 7.11 Å². The smallest absolute Gasteiger partial charge is 0.119 e. The number of ether oxygens (including phenoxy) is 1. The first kappa shape index (κ1) is 13.4. The standard InChI is InChI=1S/C18H23NO/c1-3-18(9-4-10-19-18)13-14-5-6-16-12-17(20-2)8-7-15(16)11-14/h5-8,11-12,19H,3-4,9-10,13H2,1-2H3. The Kier molecular flexibility index (Phi) is 3.66. The summed E-state index contributed by atoms with van der Waals surface area (Å²) in [5.41, 5.74) is 1.75. The van der Waals surface area contributed by atoms with Gasteiger partial charge in [-0.25, -0.2) is 0 Å². The number of rotatable bonds is 4. The molecule has 1 atom stereocenters. The number of methoxy groups -OCH3 is 1. The van der Waals surface area contributed by atoms with Crippen LogP contribution in [0.25, 0.3) is 10.8 Å². The average Bonchev–Trinajstić information content (AvgIpc) is 2.96. The Labute approximate surface area is 121 Å². The molecule has 0 radical (unpaired) electrons. The Morgan fingerprint density at radius 1 is 1.15 bits per heavy atom. The molecule has 3 rings (SSSR count). The summed E-state index contributed by atoms with van der Waals surface area (Å²) in [4.78, 5) is 0. The second-order valence-electron chi connectivity index (χ2n) is 5.89. The van der Waals surface area contributed by atoms with Crippen LogP contribution >= 0.6 is 0 Å². The zero-order chi connectivity index (χ0) is 14.0. The van der Waals surface area contributed by atoms with Crippen LogP contribution in [0.2, 0.25) is 0 Å². The Morgan fingerprint density at radius 3 is 2.65 bits per heavy atom. The number of hydrogen-bond donors (Lipinski definition) is 1. The summed E-state index contributed by atoms with van der Waals surface area (Å²) in [6, 6.07) is 13.1. The van der Waals surface area contributed by atoms with Crippen molar-refractivity contribution in [3.63, 3.8) is 0 Å². The van der Waals surface area contributed by atoms with Gasteiger partial charge in [-0.2, -0.15) is 0 Å². The number of nitrogens with one attached hydrogen (secondary N) is 1. The SMILES string of the molecule is CCC1(Cc2ccc3cc(OC)ccc3c2)CCCN1. The lowest BCUT2D eigenvalue weighted by Gasteiger charge is -2.28. The van der Waals surface area contributed by atoms with Crippen molar-refractivity contribution < 1.29 is 4.74 Å². The predicted octanol–water partition coefficient (Wildman–Crippen LogP) is 3.92. The van der Waals surface area contributed by atoms with Gasteiger partial charge < -0.3 is 10.1 Å². The molecule has 0 bridgehead atoms. The third kappa shape index (κ3) is 2.53. The third-order valence-corrected chi connectivity index (χ3v) is 4.66. The van der Waals surface area contributed by atoms with Crippen molar-refractivity contribution in [3.8, 4) is 5.75 Å². The Morgan fingerprint density at radius 2 is 1.95 bits per heavy atom. The van der Waals surface area contributed by atoms with Gasteiger partial charge in [0.1, 0.15) is 5.75 Å². The summed E-state index contributed by atoms with van der Waals surface area (Å²) >= 11 is 0. The summed E-state index contributed by atoms with van der Waals surface area (Å²) < 4.78 is 5.28. The second kappa shape index (κ2) is 5.45. The van der Waals surface area contributed by atoms with Gasteiger partial charge in [-0.15, -0.1) is 0 Å². The molecule has 0 saturated carbocycles. The lowest BCUT2D eigenvalue weighted by molar-refractivity contribution is 0.360. The zero-order valence-electron chi connectivity index (χ0n) is 12.4. The maximum Gasteiger partial charge on any atom is 0.119 e. The minimum Gasteiger partial charge on any atom is -0.497 e. The van der Waals surface area contributed by atoms with E-state index in [0.29, 0.717) is 5.54 Å². The van der Waals surface area contributed by atoms with E-state index in [2.05, 4.69) is 42.6 Å². The number of benzene rings is 2. The fraction of sp³-hybridized carbons (Fsp3) is 0.444. The van der Waals surface area contributed by atoms with Gasteiger partial charge in [-0.1, -0.05) is 31.2 Å². The fourth-order valence-corrected chi connectivity index (χ4v) is 3.35. The molecule has 1 N–H and O–H groups in total. The zero-order valence-corrected chi connectivity index (χ0v) is 12.4. The van der Waals surface area contributed by atoms with E-state index in [0.717, 1.165) is 12.2 Å². The molecular weight excluding hydrogens is 246 g/mol. The quantitative estimate of drug-likeness (QED) is 0.908. The van der Waals surface area contributed by atoms with Crippen molar-refractivity contribution in [3.05, 3.63) is 42.0 Å². The van der Waals surface area contributed by atoms with Crippen LogP contribution in [0.15, 0.2) is 36.4 Å². The van der Waals surface area contributed by atoms with Gasteiger partial charge in [0.25, 0.3) is 0 Å². The van der Waals surface area contributed by atoms with E-state index in [1.165, 1.54) is 42.1 Å². The van der Waals surface area contributed by atoms with Gasteiger partial charge in [0.2, 0.25) is 0 Å². The van der Waals surface area contributed by atoms with Gasteiger partial charge in [-0.05, 0) is 60.7 Å². The highest BCUT2D eigenvalue weighted by Crippen LogP contribution is 2.29. The van der Waals surface area contributed by atoms with Crippen molar-refractivity contribution >= 4 is 10.8 Å². The van der Waals surface area contributed by atoms with E-state index in [1.54, 1.807) is 7.11 Å². The molecule has 2 heteroatoms. The number of fused-ring (bicyclic) bond motifs is 1. The van der Waals surface area contributed by atoms with Crippen LogP contribution in [0, 0.1) is 0 Å². The van der Waals surface area contributed by atoms with Crippen LogP contribution in [0.3, 0.4) is 0 Å². The highest BCUT2D eigenvalue weighted by atomic mass is 16.5. The summed E-state index contributed by atoms with van der Waals surface area (Å²) in [7, 11) is 1.71. The largest absolute Gasteiger partial charge is 0.497 e. The normalized spacial score (nSPS) is 22.3. The molecule has 2 nitrogen and oxygen atoms in total. The Hall–Kier alpha value is -1.54. The fourth-order valence-electron chi connectivity index (χ4n) is 3.35.